The van der Waals surface area contributed by atoms with E-state index in [2.05, 4.69) is 5.32 Å². The highest BCUT2D eigenvalue weighted by Gasteiger charge is 2.30. The highest BCUT2D eigenvalue weighted by molar-refractivity contribution is 5.85. The van der Waals surface area contributed by atoms with Gasteiger partial charge < -0.3 is 5.32 Å². The van der Waals surface area contributed by atoms with Crippen molar-refractivity contribution >= 4 is 12.4 Å². The van der Waals surface area contributed by atoms with Crippen molar-refractivity contribution in [3.8, 4) is 0 Å². The van der Waals surface area contributed by atoms with E-state index in [0.29, 0.717) is 0 Å². The maximum atomic E-state index is 13.3. The predicted molar refractivity (Wildman–Crippen MR) is 63.2 cm³/mol. The van der Waals surface area contributed by atoms with Crippen molar-refractivity contribution < 1.29 is 8.78 Å². The van der Waals surface area contributed by atoms with Gasteiger partial charge in [0.2, 0.25) is 0 Å². The van der Waals surface area contributed by atoms with Crippen molar-refractivity contribution in [3.63, 3.8) is 0 Å². The third kappa shape index (κ3) is 2.71. The molecule has 0 bridgehead atoms. The van der Waals surface area contributed by atoms with Gasteiger partial charge >= 0.3 is 0 Å². The fourth-order valence-electron chi connectivity index (χ4n) is 2.15. The molecule has 1 nitrogen and oxygen atoms in total. The van der Waals surface area contributed by atoms with Gasteiger partial charge in [-0.25, -0.2) is 8.78 Å². The average molecular weight is 248 g/mol. The molecule has 16 heavy (non-hydrogen) atoms. The number of alkyl halides is 2. The first kappa shape index (κ1) is 13.4. The molecule has 4 heteroatoms. The smallest absolute Gasteiger partial charge is 0.270 e. The second-order valence-electron chi connectivity index (χ2n) is 4.12. The molecule has 1 aliphatic rings. The first-order chi connectivity index (χ1) is 7.09. The molecule has 0 amide bonds. The first-order valence-corrected chi connectivity index (χ1v) is 5.29. The Morgan fingerprint density at radius 3 is 2.56 bits per heavy atom. The predicted octanol–water partition coefficient (Wildman–Crippen LogP) is 3.64. The summed E-state index contributed by atoms with van der Waals surface area (Å²) in [5, 5.41) is 3.25. The van der Waals surface area contributed by atoms with Crippen LogP contribution in [-0.2, 0) is 5.92 Å². The van der Waals surface area contributed by atoms with Gasteiger partial charge in [0.1, 0.15) is 0 Å². The molecule has 1 N–H and O–H groups in total. The molecule has 2 rings (SSSR count). The van der Waals surface area contributed by atoms with Gasteiger partial charge in [-0.05, 0) is 24.9 Å². The van der Waals surface area contributed by atoms with E-state index in [4.69, 9.17) is 0 Å². The topological polar surface area (TPSA) is 12.0 Å². The minimum Gasteiger partial charge on any atom is -0.310 e. The molecule has 1 unspecified atom stereocenters. The van der Waals surface area contributed by atoms with Gasteiger partial charge in [0.05, 0.1) is 0 Å². The lowest BCUT2D eigenvalue weighted by Gasteiger charge is -2.19. The van der Waals surface area contributed by atoms with E-state index < -0.39 is 5.92 Å². The Kier molecular flexibility index (Phi) is 4.28. The number of hydrogen-bond acceptors (Lipinski definition) is 1. The standard InChI is InChI=1S/C12H15F2N.ClH/c1-12(13,14)10-6-3-2-5-9(10)11-7-4-8-15-11;/h2-3,5-6,11,15H,4,7-8H2,1H3;1H. The van der Waals surface area contributed by atoms with E-state index in [1.807, 2.05) is 6.07 Å². The number of nitrogens with one attached hydrogen (secondary N) is 1. The zero-order chi connectivity index (χ0) is 10.9. The van der Waals surface area contributed by atoms with Gasteiger partial charge in [-0.2, -0.15) is 0 Å². The Morgan fingerprint density at radius 2 is 2.00 bits per heavy atom. The summed E-state index contributed by atoms with van der Waals surface area (Å²) in [5.74, 6) is -2.75. The monoisotopic (exact) mass is 247 g/mol. The molecule has 0 spiro atoms. The van der Waals surface area contributed by atoms with E-state index in [1.54, 1.807) is 12.1 Å². The molecule has 1 saturated heterocycles. The van der Waals surface area contributed by atoms with Gasteiger partial charge in [-0.3, -0.25) is 0 Å². The van der Waals surface area contributed by atoms with Crippen LogP contribution in [-0.4, -0.2) is 6.54 Å². The third-order valence-electron chi connectivity index (χ3n) is 2.87. The van der Waals surface area contributed by atoms with Crippen LogP contribution >= 0.6 is 12.4 Å². The highest BCUT2D eigenvalue weighted by Crippen LogP contribution is 2.35. The largest absolute Gasteiger partial charge is 0.310 e. The molecule has 0 radical (unpaired) electrons. The van der Waals surface area contributed by atoms with Crippen LogP contribution in [0.5, 0.6) is 0 Å². The fraction of sp³-hybridized carbons (Fsp3) is 0.500. The van der Waals surface area contributed by atoms with Crippen molar-refractivity contribution in [2.75, 3.05) is 6.54 Å². The van der Waals surface area contributed by atoms with Crippen LogP contribution in [0.4, 0.5) is 8.78 Å². The molecular formula is C12H16ClF2N. The lowest BCUT2D eigenvalue weighted by Crippen LogP contribution is -2.18. The van der Waals surface area contributed by atoms with E-state index in [0.717, 1.165) is 31.9 Å². The Bertz CT molecular complexity index is 343. The highest BCUT2D eigenvalue weighted by atomic mass is 35.5. The minimum absolute atomic E-state index is 0. The molecule has 1 aromatic rings. The molecule has 1 atom stereocenters. The summed E-state index contributed by atoms with van der Waals surface area (Å²) >= 11 is 0. The van der Waals surface area contributed by atoms with Crippen LogP contribution in [0.3, 0.4) is 0 Å². The lowest BCUT2D eigenvalue weighted by atomic mass is 9.96. The first-order valence-electron chi connectivity index (χ1n) is 5.29. The summed E-state index contributed by atoms with van der Waals surface area (Å²) in [5.41, 5.74) is 0.909. The number of halogens is 3. The zero-order valence-corrected chi connectivity index (χ0v) is 9.99. The van der Waals surface area contributed by atoms with Crippen molar-refractivity contribution in [3.05, 3.63) is 35.4 Å². The summed E-state index contributed by atoms with van der Waals surface area (Å²) in [6.07, 6.45) is 2.02. The van der Waals surface area contributed by atoms with Crippen LogP contribution in [0.2, 0.25) is 0 Å². The van der Waals surface area contributed by atoms with Gasteiger partial charge in [-0.15, -0.1) is 12.4 Å². The second-order valence-corrected chi connectivity index (χ2v) is 4.12. The maximum Gasteiger partial charge on any atom is 0.270 e. The average Bonchev–Trinajstić information content (AvgIpc) is 2.69. The summed E-state index contributed by atoms with van der Waals surface area (Å²) < 4.78 is 26.7. The third-order valence-corrected chi connectivity index (χ3v) is 2.87. The summed E-state index contributed by atoms with van der Waals surface area (Å²) in [6, 6.07) is 6.92. The number of hydrogen-bond donors (Lipinski definition) is 1. The molecule has 0 saturated carbocycles. The van der Waals surface area contributed by atoms with Gasteiger partial charge in [0.25, 0.3) is 5.92 Å². The molecule has 1 heterocycles. The van der Waals surface area contributed by atoms with Crippen LogP contribution in [0.25, 0.3) is 0 Å². The zero-order valence-electron chi connectivity index (χ0n) is 9.17. The Hall–Kier alpha value is -0.670. The molecule has 1 fully saturated rings. The molecule has 1 aliphatic heterocycles. The normalized spacial score (nSPS) is 20.6. The summed E-state index contributed by atoms with van der Waals surface area (Å²) in [6.45, 7) is 1.88. The second kappa shape index (κ2) is 5.11. The Balaban J connectivity index is 0.00000128. The van der Waals surface area contributed by atoms with E-state index in [9.17, 15) is 8.78 Å². The van der Waals surface area contributed by atoms with Crippen LogP contribution in [0.1, 0.15) is 36.9 Å². The summed E-state index contributed by atoms with van der Waals surface area (Å²) in [7, 11) is 0. The molecule has 1 aromatic carbocycles. The van der Waals surface area contributed by atoms with Crippen LogP contribution in [0.15, 0.2) is 24.3 Å². The van der Waals surface area contributed by atoms with Crippen LogP contribution < -0.4 is 5.32 Å². The molecular weight excluding hydrogens is 232 g/mol. The SMILES string of the molecule is CC(F)(F)c1ccccc1C1CCCN1.Cl. The number of rotatable bonds is 2. The van der Waals surface area contributed by atoms with Crippen molar-refractivity contribution in [2.24, 2.45) is 0 Å². The quantitative estimate of drug-likeness (QED) is 0.841. The van der Waals surface area contributed by atoms with Gasteiger partial charge in [-0.1, -0.05) is 24.3 Å². The molecule has 90 valence electrons. The Labute approximate surface area is 101 Å². The molecule has 0 aliphatic carbocycles. The van der Waals surface area contributed by atoms with E-state index in [1.165, 1.54) is 6.07 Å². The number of benzene rings is 1. The molecule has 0 aromatic heterocycles. The minimum atomic E-state index is -2.75. The van der Waals surface area contributed by atoms with Gasteiger partial charge in [0.15, 0.2) is 0 Å². The van der Waals surface area contributed by atoms with Gasteiger partial charge in [0, 0.05) is 18.5 Å². The maximum absolute atomic E-state index is 13.3. The van der Waals surface area contributed by atoms with E-state index in [-0.39, 0.29) is 24.0 Å². The summed E-state index contributed by atoms with van der Waals surface area (Å²) in [4.78, 5) is 0. The lowest BCUT2D eigenvalue weighted by molar-refractivity contribution is 0.0161. The van der Waals surface area contributed by atoms with E-state index >= 15 is 0 Å². The van der Waals surface area contributed by atoms with Crippen molar-refractivity contribution in [1.82, 2.24) is 5.32 Å². The Morgan fingerprint density at radius 1 is 1.31 bits per heavy atom. The van der Waals surface area contributed by atoms with Crippen molar-refractivity contribution in [2.45, 2.75) is 31.7 Å². The van der Waals surface area contributed by atoms with Crippen LogP contribution in [0, 0.1) is 0 Å². The fourth-order valence-corrected chi connectivity index (χ4v) is 2.15. The van der Waals surface area contributed by atoms with Crippen molar-refractivity contribution in [1.29, 1.82) is 0 Å².